The molecular weight excluding hydrogens is 432 g/mol. The zero-order chi connectivity index (χ0) is 22.6. The molecule has 9 heteroatoms. The van der Waals surface area contributed by atoms with Gasteiger partial charge in [-0.05, 0) is 56.2 Å². The number of hydrogen-bond donors (Lipinski definition) is 2. The number of anilines is 1. The monoisotopic (exact) mass is 460 g/mol. The van der Waals surface area contributed by atoms with Gasteiger partial charge < -0.3 is 19.5 Å². The van der Waals surface area contributed by atoms with Gasteiger partial charge in [-0.3, -0.25) is 9.52 Å². The maximum Gasteiger partial charge on any atom is 0.261 e. The third-order valence-electron chi connectivity index (χ3n) is 5.56. The van der Waals surface area contributed by atoms with Crippen LogP contribution in [0.4, 0.5) is 5.69 Å². The molecule has 0 aromatic heterocycles. The van der Waals surface area contributed by atoms with Crippen LogP contribution in [0.2, 0.25) is 0 Å². The molecule has 32 heavy (non-hydrogen) atoms. The van der Waals surface area contributed by atoms with Gasteiger partial charge in [0.2, 0.25) is 0 Å². The van der Waals surface area contributed by atoms with Crippen LogP contribution in [0.5, 0.6) is 17.2 Å². The zero-order valence-electron chi connectivity index (χ0n) is 18.0. The Labute approximate surface area is 188 Å². The average Bonchev–Trinajstić information content (AvgIpc) is 2.80. The molecule has 1 heterocycles. The van der Waals surface area contributed by atoms with Crippen molar-refractivity contribution in [3.05, 3.63) is 42.5 Å². The van der Waals surface area contributed by atoms with E-state index in [1.807, 2.05) is 0 Å². The second-order valence-corrected chi connectivity index (χ2v) is 9.72. The van der Waals surface area contributed by atoms with E-state index in [4.69, 9.17) is 14.2 Å². The Morgan fingerprint density at radius 1 is 1.00 bits per heavy atom. The Kier molecular flexibility index (Phi) is 6.74. The van der Waals surface area contributed by atoms with Gasteiger partial charge in [0, 0.05) is 12.1 Å². The number of benzene rings is 2. The van der Waals surface area contributed by atoms with Crippen LogP contribution in [0.15, 0.2) is 47.4 Å². The van der Waals surface area contributed by atoms with Gasteiger partial charge in [0.25, 0.3) is 15.9 Å². The van der Waals surface area contributed by atoms with E-state index in [0.29, 0.717) is 36.1 Å². The Bertz CT molecular complexity index is 1050. The SMILES string of the molecule is C[C@H](Oc1ccc(S(=O)(=O)Nc2ccc3c(c2)OCCO3)cc1)C(=O)NC1CCCCC1. The number of fused-ring (bicyclic) bond motifs is 1. The Balaban J connectivity index is 1.36. The molecule has 0 saturated heterocycles. The molecule has 0 spiro atoms. The Morgan fingerprint density at radius 2 is 1.69 bits per heavy atom. The van der Waals surface area contributed by atoms with E-state index in [-0.39, 0.29) is 16.8 Å². The minimum Gasteiger partial charge on any atom is -0.486 e. The van der Waals surface area contributed by atoms with Gasteiger partial charge in [-0.2, -0.15) is 0 Å². The number of sulfonamides is 1. The summed E-state index contributed by atoms with van der Waals surface area (Å²) in [5.41, 5.74) is 0.377. The molecule has 2 aromatic rings. The quantitative estimate of drug-likeness (QED) is 0.656. The fourth-order valence-electron chi connectivity index (χ4n) is 3.84. The molecule has 4 rings (SSSR count). The highest BCUT2D eigenvalue weighted by Crippen LogP contribution is 2.33. The van der Waals surface area contributed by atoms with E-state index >= 15 is 0 Å². The van der Waals surface area contributed by atoms with E-state index in [9.17, 15) is 13.2 Å². The molecule has 172 valence electrons. The maximum absolute atomic E-state index is 12.7. The fraction of sp³-hybridized carbons (Fsp3) is 0.435. The third kappa shape index (κ3) is 5.45. The normalized spacial score (nSPS) is 17.3. The standard InChI is InChI=1S/C23H28N2O6S/c1-16(23(26)24-17-5-3-2-4-6-17)31-19-8-10-20(11-9-19)32(27,28)25-18-7-12-21-22(15-18)30-14-13-29-21/h7-12,15-17,25H,2-6,13-14H2,1H3,(H,24,26)/t16-/m0/s1. The summed E-state index contributed by atoms with van der Waals surface area (Å²) in [6.45, 7) is 2.57. The lowest BCUT2D eigenvalue weighted by molar-refractivity contribution is -0.128. The van der Waals surface area contributed by atoms with Gasteiger partial charge in [0.1, 0.15) is 19.0 Å². The number of amides is 1. The molecule has 0 unspecified atom stereocenters. The van der Waals surface area contributed by atoms with Crippen LogP contribution in [0.3, 0.4) is 0 Å². The molecular formula is C23H28N2O6S. The Morgan fingerprint density at radius 3 is 2.41 bits per heavy atom. The predicted octanol–water partition coefficient (Wildman–Crippen LogP) is 3.47. The van der Waals surface area contributed by atoms with Crippen LogP contribution < -0.4 is 24.2 Å². The predicted molar refractivity (Wildman–Crippen MR) is 120 cm³/mol. The fourth-order valence-corrected chi connectivity index (χ4v) is 4.89. The van der Waals surface area contributed by atoms with Crippen molar-refractivity contribution in [1.29, 1.82) is 0 Å². The van der Waals surface area contributed by atoms with Crippen molar-refractivity contribution in [3.8, 4) is 17.2 Å². The highest BCUT2D eigenvalue weighted by atomic mass is 32.2. The number of hydrogen-bond acceptors (Lipinski definition) is 6. The van der Waals surface area contributed by atoms with Crippen molar-refractivity contribution in [2.24, 2.45) is 0 Å². The number of carbonyl (C=O) groups excluding carboxylic acids is 1. The molecule has 0 bridgehead atoms. The molecule has 1 fully saturated rings. The summed E-state index contributed by atoms with van der Waals surface area (Å²) >= 11 is 0. The minimum atomic E-state index is -3.80. The first-order chi connectivity index (χ1) is 15.4. The van der Waals surface area contributed by atoms with E-state index < -0.39 is 16.1 Å². The van der Waals surface area contributed by atoms with Gasteiger partial charge in [0.15, 0.2) is 17.6 Å². The lowest BCUT2D eigenvalue weighted by atomic mass is 9.95. The van der Waals surface area contributed by atoms with Crippen LogP contribution in [0.25, 0.3) is 0 Å². The van der Waals surface area contributed by atoms with Gasteiger partial charge in [-0.25, -0.2) is 8.42 Å². The van der Waals surface area contributed by atoms with E-state index in [2.05, 4.69) is 10.0 Å². The van der Waals surface area contributed by atoms with Crippen LogP contribution >= 0.6 is 0 Å². The van der Waals surface area contributed by atoms with Crippen molar-refractivity contribution >= 4 is 21.6 Å². The summed E-state index contributed by atoms with van der Waals surface area (Å²) in [6, 6.07) is 11.1. The average molecular weight is 461 g/mol. The van der Waals surface area contributed by atoms with Gasteiger partial charge in [-0.1, -0.05) is 19.3 Å². The van der Waals surface area contributed by atoms with E-state index in [1.54, 1.807) is 37.3 Å². The zero-order valence-corrected chi connectivity index (χ0v) is 18.8. The summed E-state index contributed by atoms with van der Waals surface area (Å²) in [4.78, 5) is 12.5. The second kappa shape index (κ2) is 9.68. The molecule has 8 nitrogen and oxygen atoms in total. The van der Waals surface area contributed by atoms with Crippen molar-refractivity contribution in [2.75, 3.05) is 17.9 Å². The van der Waals surface area contributed by atoms with Crippen molar-refractivity contribution in [2.45, 2.75) is 56.1 Å². The minimum absolute atomic E-state index is 0.0825. The molecule has 0 radical (unpaired) electrons. The molecule has 1 amide bonds. The first-order valence-electron chi connectivity index (χ1n) is 10.9. The van der Waals surface area contributed by atoms with Crippen LogP contribution in [-0.4, -0.2) is 39.7 Å². The van der Waals surface area contributed by atoms with Crippen molar-refractivity contribution in [3.63, 3.8) is 0 Å². The van der Waals surface area contributed by atoms with Crippen LogP contribution in [0, 0.1) is 0 Å². The van der Waals surface area contributed by atoms with E-state index in [0.717, 1.165) is 25.7 Å². The molecule has 2 aliphatic rings. The number of carbonyl (C=O) groups is 1. The second-order valence-electron chi connectivity index (χ2n) is 8.04. The Hall–Kier alpha value is -2.94. The van der Waals surface area contributed by atoms with Crippen molar-refractivity contribution < 1.29 is 27.4 Å². The summed E-state index contributed by atoms with van der Waals surface area (Å²) < 4.78 is 44.7. The summed E-state index contributed by atoms with van der Waals surface area (Å²) in [7, 11) is -3.80. The summed E-state index contributed by atoms with van der Waals surface area (Å²) in [6.07, 6.45) is 4.82. The topological polar surface area (TPSA) is 103 Å². The van der Waals surface area contributed by atoms with Crippen LogP contribution in [0.1, 0.15) is 39.0 Å². The van der Waals surface area contributed by atoms with Gasteiger partial charge in [-0.15, -0.1) is 0 Å². The first-order valence-corrected chi connectivity index (χ1v) is 12.4. The summed E-state index contributed by atoms with van der Waals surface area (Å²) in [5.74, 6) is 1.35. The lowest BCUT2D eigenvalue weighted by Crippen LogP contribution is -2.43. The highest BCUT2D eigenvalue weighted by Gasteiger charge is 2.21. The number of rotatable bonds is 7. The highest BCUT2D eigenvalue weighted by molar-refractivity contribution is 7.92. The lowest BCUT2D eigenvalue weighted by Gasteiger charge is -2.24. The van der Waals surface area contributed by atoms with E-state index in [1.165, 1.54) is 18.6 Å². The molecule has 1 aliphatic carbocycles. The maximum atomic E-state index is 12.7. The molecule has 2 N–H and O–H groups in total. The van der Waals surface area contributed by atoms with Gasteiger partial charge >= 0.3 is 0 Å². The van der Waals surface area contributed by atoms with Gasteiger partial charge in [0.05, 0.1) is 10.6 Å². The molecule has 1 saturated carbocycles. The molecule has 1 aliphatic heterocycles. The smallest absolute Gasteiger partial charge is 0.261 e. The first kappa shape index (κ1) is 22.3. The van der Waals surface area contributed by atoms with Crippen LogP contribution in [-0.2, 0) is 14.8 Å². The largest absolute Gasteiger partial charge is 0.486 e. The summed E-state index contributed by atoms with van der Waals surface area (Å²) in [5, 5.41) is 3.03. The molecule has 1 atom stereocenters. The number of nitrogens with one attached hydrogen (secondary N) is 2. The molecule has 2 aromatic carbocycles. The third-order valence-corrected chi connectivity index (χ3v) is 6.96. The van der Waals surface area contributed by atoms with Crippen molar-refractivity contribution in [1.82, 2.24) is 5.32 Å². The number of ether oxygens (including phenoxy) is 3.